The van der Waals surface area contributed by atoms with E-state index in [9.17, 15) is 4.79 Å². The van der Waals surface area contributed by atoms with Gasteiger partial charge in [0.2, 0.25) is 5.91 Å². The fourth-order valence-electron chi connectivity index (χ4n) is 1.40. The van der Waals surface area contributed by atoms with E-state index in [2.05, 4.69) is 17.1 Å². The minimum atomic E-state index is 0.0500. The number of carbonyl (C=O) groups is 1. The summed E-state index contributed by atoms with van der Waals surface area (Å²) in [6, 6.07) is 0. The molecule has 1 heterocycles. The number of H-pyrrole nitrogens is 1. The van der Waals surface area contributed by atoms with Gasteiger partial charge >= 0.3 is 0 Å². The summed E-state index contributed by atoms with van der Waals surface area (Å²) in [6.45, 7) is 3.16. The van der Waals surface area contributed by atoms with Crippen LogP contribution in [0.4, 0.5) is 11.5 Å². The Hall–Kier alpha value is -1.72. The number of nitrogen functional groups attached to an aromatic ring is 1. The van der Waals surface area contributed by atoms with Gasteiger partial charge in [-0.3, -0.25) is 9.89 Å². The summed E-state index contributed by atoms with van der Waals surface area (Å²) < 4.78 is 0. The van der Waals surface area contributed by atoms with Gasteiger partial charge in [0.25, 0.3) is 0 Å². The first-order valence-corrected chi connectivity index (χ1v) is 5.30. The van der Waals surface area contributed by atoms with Gasteiger partial charge in [-0.25, -0.2) is 0 Å². The molecule has 0 spiro atoms. The predicted molar refractivity (Wildman–Crippen MR) is 64.2 cm³/mol. The molecule has 0 aliphatic heterocycles. The monoisotopic (exact) mass is 225 g/mol. The second-order valence-electron chi connectivity index (χ2n) is 3.88. The number of nitrogens with two attached hydrogens (primary N) is 1. The van der Waals surface area contributed by atoms with E-state index in [0.29, 0.717) is 12.4 Å². The molecule has 0 atom stereocenters. The van der Waals surface area contributed by atoms with Crippen LogP contribution in [0.2, 0.25) is 0 Å². The molecule has 0 aliphatic carbocycles. The number of carbonyl (C=O) groups excluding carboxylic acids is 1. The third-order valence-electron chi connectivity index (χ3n) is 2.31. The first-order chi connectivity index (χ1) is 7.56. The summed E-state index contributed by atoms with van der Waals surface area (Å²) in [5.41, 5.74) is 6.53. The number of hydrogen-bond donors (Lipinski definition) is 2. The summed E-state index contributed by atoms with van der Waals surface area (Å²) in [6.07, 6.45) is 2.60. The molecule has 0 saturated heterocycles. The molecule has 0 aliphatic rings. The van der Waals surface area contributed by atoms with Gasteiger partial charge in [-0.1, -0.05) is 6.92 Å². The summed E-state index contributed by atoms with van der Waals surface area (Å²) in [7, 11) is 3.48. The number of nitrogens with zero attached hydrogens (tertiary/aromatic N) is 3. The van der Waals surface area contributed by atoms with Crippen molar-refractivity contribution in [1.29, 1.82) is 0 Å². The zero-order chi connectivity index (χ0) is 12.1. The molecular weight excluding hydrogens is 206 g/mol. The van der Waals surface area contributed by atoms with E-state index in [0.717, 1.165) is 18.7 Å². The zero-order valence-electron chi connectivity index (χ0n) is 10.0. The van der Waals surface area contributed by atoms with Crippen molar-refractivity contribution < 1.29 is 4.79 Å². The highest BCUT2D eigenvalue weighted by molar-refractivity contribution is 5.82. The Kier molecular flexibility index (Phi) is 4.16. The van der Waals surface area contributed by atoms with E-state index in [-0.39, 0.29) is 5.91 Å². The second kappa shape index (κ2) is 5.39. The van der Waals surface area contributed by atoms with Crippen molar-refractivity contribution in [2.24, 2.45) is 0 Å². The number of amides is 1. The van der Waals surface area contributed by atoms with Crippen LogP contribution in [-0.4, -0.2) is 48.2 Å². The van der Waals surface area contributed by atoms with Gasteiger partial charge in [0.1, 0.15) is 5.82 Å². The van der Waals surface area contributed by atoms with Gasteiger partial charge in [-0.2, -0.15) is 5.10 Å². The highest BCUT2D eigenvalue weighted by Gasteiger charge is 2.15. The molecule has 1 amide bonds. The van der Waals surface area contributed by atoms with Crippen LogP contribution in [0.3, 0.4) is 0 Å². The number of aromatic amines is 1. The SMILES string of the molecule is CCCN(CC(=O)N(C)C)c1cn[nH]c1N. The van der Waals surface area contributed by atoms with Crippen molar-refractivity contribution >= 4 is 17.4 Å². The lowest BCUT2D eigenvalue weighted by Gasteiger charge is -2.24. The lowest BCUT2D eigenvalue weighted by Crippen LogP contribution is -2.37. The normalized spacial score (nSPS) is 10.2. The van der Waals surface area contributed by atoms with Crippen LogP contribution in [0.5, 0.6) is 0 Å². The molecule has 90 valence electrons. The maximum absolute atomic E-state index is 11.6. The molecule has 6 heteroatoms. The van der Waals surface area contributed by atoms with Gasteiger partial charge in [0, 0.05) is 20.6 Å². The third-order valence-corrected chi connectivity index (χ3v) is 2.31. The first kappa shape index (κ1) is 12.4. The largest absolute Gasteiger partial charge is 0.382 e. The van der Waals surface area contributed by atoms with Crippen LogP contribution < -0.4 is 10.6 Å². The minimum absolute atomic E-state index is 0.0500. The average Bonchev–Trinajstić information content (AvgIpc) is 2.63. The fraction of sp³-hybridized carbons (Fsp3) is 0.600. The van der Waals surface area contributed by atoms with E-state index in [1.807, 2.05) is 4.90 Å². The number of anilines is 2. The van der Waals surface area contributed by atoms with Crippen LogP contribution in [0.25, 0.3) is 0 Å². The topological polar surface area (TPSA) is 78.2 Å². The Morgan fingerprint density at radius 2 is 2.25 bits per heavy atom. The maximum atomic E-state index is 11.6. The lowest BCUT2D eigenvalue weighted by atomic mass is 10.3. The lowest BCUT2D eigenvalue weighted by molar-refractivity contribution is -0.127. The Morgan fingerprint density at radius 3 is 2.69 bits per heavy atom. The van der Waals surface area contributed by atoms with Crippen LogP contribution in [0.1, 0.15) is 13.3 Å². The van der Waals surface area contributed by atoms with Crippen LogP contribution >= 0.6 is 0 Å². The van der Waals surface area contributed by atoms with Gasteiger partial charge in [0.15, 0.2) is 0 Å². The number of nitrogens with one attached hydrogen (secondary N) is 1. The smallest absolute Gasteiger partial charge is 0.241 e. The number of aromatic nitrogens is 2. The molecule has 0 aromatic carbocycles. The first-order valence-electron chi connectivity index (χ1n) is 5.30. The Morgan fingerprint density at radius 1 is 1.56 bits per heavy atom. The van der Waals surface area contributed by atoms with Crippen molar-refractivity contribution in [1.82, 2.24) is 15.1 Å². The molecule has 0 unspecified atom stereocenters. The Bertz CT molecular complexity index is 347. The van der Waals surface area contributed by atoms with Crippen LogP contribution in [-0.2, 0) is 4.79 Å². The highest BCUT2D eigenvalue weighted by atomic mass is 16.2. The van der Waals surface area contributed by atoms with E-state index in [1.165, 1.54) is 0 Å². The van der Waals surface area contributed by atoms with Crippen molar-refractivity contribution in [3.8, 4) is 0 Å². The molecule has 0 radical (unpaired) electrons. The summed E-state index contributed by atoms with van der Waals surface area (Å²) in [5.74, 6) is 0.550. The molecular formula is C10H19N5O. The predicted octanol–water partition coefficient (Wildman–Crippen LogP) is 0.296. The van der Waals surface area contributed by atoms with E-state index in [1.54, 1.807) is 25.2 Å². The summed E-state index contributed by atoms with van der Waals surface area (Å²) in [4.78, 5) is 15.1. The quantitative estimate of drug-likeness (QED) is 0.755. The van der Waals surface area contributed by atoms with Crippen LogP contribution in [0.15, 0.2) is 6.20 Å². The van der Waals surface area contributed by atoms with Crippen molar-refractivity contribution in [3.63, 3.8) is 0 Å². The molecule has 1 aromatic rings. The average molecular weight is 225 g/mol. The van der Waals surface area contributed by atoms with Crippen molar-refractivity contribution in [2.45, 2.75) is 13.3 Å². The fourth-order valence-corrected chi connectivity index (χ4v) is 1.40. The second-order valence-corrected chi connectivity index (χ2v) is 3.88. The number of hydrogen-bond acceptors (Lipinski definition) is 4. The van der Waals surface area contributed by atoms with Crippen LogP contribution in [0, 0.1) is 0 Å². The standard InChI is InChI=1S/C10H19N5O/c1-4-5-15(7-9(16)14(2)3)8-6-12-13-10(8)11/h6H,4-5,7H2,1-3H3,(H3,11,12,13). The molecule has 0 bridgehead atoms. The maximum Gasteiger partial charge on any atom is 0.241 e. The molecule has 16 heavy (non-hydrogen) atoms. The molecule has 1 rings (SSSR count). The van der Waals surface area contributed by atoms with Gasteiger partial charge < -0.3 is 15.5 Å². The molecule has 0 saturated carbocycles. The summed E-state index contributed by atoms with van der Waals surface area (Å²) in [5, 5.41) is 6.53. The molecule has 3 N–H and O–H groups in total. The van der Waals surface area contributed by atoms with Gasteiger partial charge in [-0.05, 0) is 6.42 Å². The minimum Gasteiger partial charge on any atom is -0.382 e. The van der Waals surface area contributed by atoms with E-state index >= 15 is 0 Å². The van der Waals surface area contributed by atoms with E-state index < -0.39 is 0 Å². The Labute approximate surface area is 95.4 Å². The molecule has 1 aromatic heterocycles. The van der Waals surface area contributed by atoms with E-state index in [4.69, 9.17) is 5.73 Å². The van der Waals surface area contributed by atoms with Crippen molar-refractivity contribution in [2.75, 3.05) is 37.8 Å². The van der Waals surface area contributed by atoms with Crippen molar-refractivity contribution in [3.05, 3.63) is 6.20 Å². The third kappa shape index (κ3) is 2.88. The zero-order valence-corrected chi connectivity index (χ0v) is 10.0. The van der Waals surface area contributed by atoms with Gasteiger partial charge in [0.05, 0.1) is 18.4 Å². The molecule has 6 nitrogen and oxygen atoms in total. The number of likely N-dealkylation sites (N-methyl/N-ethyl adjacent to an activating group) is 1. The number of rotatable bonds is 5. The van der Waals surface area contributed by atoms with Gasteiger partial charge in [-0.15, -0.1) is 0 Å². The molecule has 0 fully saturated rings. The summed E-state index contributed by atoms with van der Waals surface area (Å²) >= 11 is 0. The highest BCUT2D eigenvalue weighted by Crippen LogP contribution is 2.19. The Balaban J connectivity index is 2.76.